The molecule has 0 aliphatic rings. The van der Waals surface area contributed by atoms with Crippen LogP contribution in [0.25, 0.3) is 20.4 Å². The largest absolute Gasteiger partial charge is 0.286 e. The van der Waals surface area contributed by atoms with E-state index < -0.39 is 0 Å². The number of nitrogens with zero attached hydrogens (tertiary/aromatic N) is 3. The summed E-state index contributed by atoms with van der Waals surface area (Å²) in [6.07, 6.45) is 2.55. The molecule has 31 heavy (non-hydrogen) atoms. The van der Waals surface area contributed by atoms with Gasteiger partial charge in [0.1, 0.15) is 9.53 Å². The molecule has 0 atom stereocenters. The maximum atomic E-state index is 13.5. The number of fused-ring (bicyclic) bond motifs is 3. The Morgan fingerprint density at radius 3 is 2.58 bits per heavy atom. The molecule has 0 N–H and O–H groups in total. The van der Waals surface area contributed by atoms with E-state index in [2.05, 4.69) is 48.3 Å². The van der Waals surface area contributed by atoms with E-state index in [1.54, 1.807) is 18.0 Å². The molecular weight excluding hydrogens is 422 g/mol. The van der Waals surface area contributed by atoms with Gasteiger partial charge in [0, 0.05) is 23.9 Å². The second-order valence-electron chi connectivity index (χ2n) is 7.50. The summed E-state index contributed by atoms with van der Waals surface area (Å²) in [4.78, 5) is 23.8. The van der Waals surface area contributed by atoms with Crippen LogP contribution in [0.5, 0.6) is 0 Å². The van der Waals surface area contributed by atoms with Crippen LogP contribution >= 0.6 is 23.1 Å². The van der Waals surface area contributed by atoms with Crippen LogP contribution in [0.4, 0.5) is 0 Å². The summed E-state index contributed by atoms with van der Waals surface area (Å²) in [7, 11) is 0. The number of aromatic nitrogens is 3. The molecule has 3 aromatic heterocycles. The molecule has 0 fully saturated rings. The zero-order chi connectivity index (χ0) is 21.2. The van der Waals surface area contributed by atoms with Crippen molar-refractivity contribution >= 4 is 43.5 Å². The molecule has 4 nitrogen and oxygen atoms in total. The number of benzene rings is 2. The SMILES string of the molecule is Cc1ccc(CSc2nc3c(sc4ncccc43)c(=O)n2CCc2ccccc2)cc1. The third kappa shape index (κ3) is 4.13. The van der Waals surface area contributed by atoms with Crippen molar-refractivity contribution in [2.24, 2.45) is 0 Å². The Bertz CT molecular complexity index is 1410. The van der Waals surface area contributed by atoms with E-state index in [0.717, 1.165) is 33.1 Å². The normalized spacial score (nSPS) is 11.4. The number of hydrogen-bond acceptors (Lipinski definition) is 5. The summed E-state index contributed by atoms with van der Waals surface area (Å²) in [5.41, 5.74) is 4.46. The second kappa shape index (κ2) is 8.65. The highest BCUT2D eigenvalue weighted by Crippen LogP contribution is 2.31. The highest BCUT2D eigenvalue weighted by Gasteiger charge is 2.17. The minimum absolute atomic E-state index is 0.0235. The molecule has 0 saturated carbocycles. The quantitative estimate of drug-likeness (QED) is 0.244. The molecule has 0 spiro atoms. The van der Waals surface area contributed by atoms with Gasteiger partial charge in [0.05, 0.1) is 5.52 Å². The van der Waals surface area contributed by atoms with Crippen LogP contribution in [0.2, 0.25) is 0 Å². The van der Waals surface area contributed by atoms with Crippen molar-refractivity contribution in [1.82, 2.24) is 14.5 Å². The van der Waals surface area contributed by atoms with E-state index in [0.29, 0.717) is 11.2 Å². The maximum absolute atomic E-state index is 13.5. The Morgan fingerprint density at radius 2 is 1.77 bits per heavy atom. The zero-order valence-corrected chi connectivity index (χ0v) is 18.7. The zero-order valence-electron chi connectivity index (χ0n) is 17.1. The Kier molecular flexibility index (Phi) is 5.57. The molecule has 0 amide bonds. The first-order valence-corrected chi connectivity index (χ1v) is 12.0. The lowest BCUT2D eigenvalue weighted by atomic mass is 10.1. The molecule has 0 aliphatic carbocycles. The summed E-state index contributed by atoms with van der Waals surface area (Å²) >= 11 is 3.05. The molecule has 0 radical (unpaired) electrons. The molecule has 5 rings (SSSR count). The van der Waals surface area contributed by atoms with E-state index in [9.17, 15) is 4.79 Å². The van der Waals surface area contributed by atoms with Gasteiger partial charge < -0.3 is 0 Å². The molecule has 0 saturated heterocycles. The van der Waals surface area contributed by atoms with E-state index in [1.807, 2.05) is 34.9 Å². The summed E-state index contributed by atoms with van der Waals surface area (Å²) < 4.78 is 2.52. The highest BCUT2D eigenvalue weighted by atomic mass is 32.2. The van der Waals surface area contributed by atoms with Gasteiger partial charge in [-0.2, -0.15) is 0 Å². The fraction of sp³-hybridized carbons (Fsp3) is 0.160. The number of pyridine rings is 1. The number of rotatable bonds is 6. The van der Waals surface area contributed by atoms with Gasteiger partial charge in [-0.3, -0.25) is 9.36 Å². The third-order valence-corrected chi connectivity index (χ3v) is 7.41. The summed E-state index contributed by atoms with van der Waals surface area (Å²) in [5, 5.41) is 1.71. The van der Waals surface area contributed by atoms with Crippen LogP contribution in [0.15, 0.2) is 82.9 Å². The van der Waals surface area contributed by atoms with Crippen molar-refractivity contribution in [3.8, 4) is 0 Å². The third-order valence-electron chi connectivity index (χ3n) is 5.27. The molecule has 2 aromatic carbocycles. The lowest BCUT2D eigenvalue weighted by Gasteiger charge is -2.12. The molecule has 0 aliphatic heterocycles. The van der Waals surface area contributed by atoms with Crippen molar-refractivity contribution in [3.63, 3.8) is 0 Å². The summed E-state index contributed by atoms with van der Waals surface area (Å²) in [6, 6.07) is 22.7. The van der Waals surface area contributed by atoms with E-state index in [-0.39, 0.29) is 5.56 Å². The van der Waals surface area contributed by atoms with Gasteiger partial charge in [-0.05, 0) is 36.6 Å². The smallest absolute Gasteiger partial charge is 0.272 e. The lowest BCUT2D eigenvalue weighted by molar-refractivity contribution is 0.596. The predicted octanol–water partition coefficient (Wildman–Crippen LogP) is 5.85. The van der Waals surface area contributed by atoms with Crippen molar-refractivity contribution < 1.29 is 0 Å². The topological polar surface area (TPSA) is 47.8 Å². The number of hydrogen-bond donors (Lipinski definition) is 0. The van der Waals surface area contributed by atoms with Crippen molar-refractivity contribution in [3.05, 3.63) is 100.0 Å². The van der Waals surface area contributed by atoms with Gasteiger partial charge in [0.15, 0.2) is 5.16 Å². The second-order valence-corrected chi connectivity index (χ2v) is 9.44. The van der Waals surface area contributed by atoms with Crippen LogP contribution < -0.4 is 5.56 Å². The van der Waals surface area contributed by atoms with Crippen molar-refractivity contribution in [2.45, 2.75) is 30.8 Å². The first kappa shape index (κ1) is 20.0. The Hall–Kier alpha value is -2.96. The number of thioether (sulfide) groups is 1. The molecule has 154 valence electrons. The minimum Gasteiger partial charge on any atom is -0.286 e. The summed E-state index contributed by atoms with van der Waals surface area (Å²) in [5.74, 6) is 0.768. The van der Waals surface area contributed by atoms with Crippen molar-refractivity contribution in [1.29, 1.82) is 0 Å². The number of thiophene rings is 1. The van der Waals surface area contributed by atoms with E-state index >= 15 is 0 Å². The Labute approximate surface area is 188 Å². The van der Waals surface area contributed by atoms with Crippen molar-refractivity contribution in [2.75, 3.05) is 0 Å². The molecule has 0 unspecified atom stereocenters. The monoisotopic (exact) mass is 443 g/mol. The molecule has 0 bridgehead atoms. The van der Waals surface area contributed by atoms with Gasteiger partial charge in [-0.25, -0.2) is 9.97 Å². The predicted molar refractivity (Wildman–Crippen MR) is 130 cm³/mol. The van der Waals surface area contributed by atoms with Gasteiger partial charge >= 0.3 is 0 Å². The maximum Gasteiger partial charge on any atom is 0.272 e. The van der Waals surface area contributed by atoms with Gasteiger partial charge in [0.2, 0.25) is 0 Å². The van der Waals surface area contributed by atoms with Gasteiger partial charge in [-0.1, -0.05) is 71.9 Å². The number of aryl methyl sites for hydroxylation is 2. The van der Waals surface area contributed by atoms with Crippen LogP contribution in [0.3, 0.4) is 0 Å². The van der Waals surface area contributed by atoms with Crippen LogP contribution in [0, 0.1) is 6.92 Å². The lowest BCUT2D eigenvalue weighted by Crippen LogP contribution is -2.23. The first-order valence-electron chi connectivity index (χ1n) is 10.2. The summed E-state index contributed by atoms with van der Waals surface area (Å²) in [6.45, 7) is 2.69. The molecular formula is C25H21N3OS2. The molecule has 3 heterocycles. The average Bonchev–Trinajstić information content (AvgIpc) is 3.18. The standard InChI is InChI=1S/C25H21N3OS2/c1-17-9-11-19(12-10-17)16-30-25-27-21-20-8-5-14-26-23(20)31-22(21)24(29)28(25)15-13-18-6-3-2-4-7-18/h2-12,14H,13,15-16H2,1H3. The molecule has 6 heteroatoms. The van der Waals surface area contributed by atoms with Gasteiger partial charge in [0.25, 0.3) is 5.56 Å². The van der Waals surface area contributed by atoms with E-state index in [1.165, 1.54) is 28.0 Å². The first-order chi connectivity index (χ1) is 15.2. The van der Waals surface area contributed by atoms with Crippen LogP contribution in [0.1, 0.15) is 16.7 Å². The molecule has 5 aromatic rings. The average molecular weight is 444 g/mol. The van der Waals surface area contributed by atoms with Gasteiger partial charge in [-0.15, -0.1) is 11.3 Å². The van der Waals surface area contributed by atoms with Crippen LogP contribution in [-0.4, -0.2) is 14.5 Å². The Balaban J connectivity index is 1.56. The minimum atomic E-state index is 0.0235. The Morgan fingerprint density at radius 1 is 0.968 bits per heavy atom. The van der Waals surface area contributed by atoms with Crippen LogP contribution in [-0.2, 0) is 18.7 Å². The highest BCUT2D eigenvalue weighted by molar-refractivity contribution is 7.98. The van der Waals surface area contributed by atoms with E-state index in [4.69, 9.17) is 4.98 Å². The fourth-order valence-corrected chi connectivity index (χ4v) is 5.57. The fourth-order valence-electron chi connectivity index (χ4n) is 3.57.